The van der Waals surface area contributed by atoms with Gasteiger partial charge >= 0.3 is 0 Å². The number of benzene rings is 1. The van der Waals surface area contributed by atoms with E-state index in [1.54, 1.807) is 4.90 Å². The fourth-order valence-electron chi connectivity index (χ4n) is 3.52. The highest BCUT2D eigenvalue weighted by Gasteiger charge is 2.29. The molecule has 0 bridgehead atoms. The highest BCUT2D eigenvalue weighted by molar-refractivity contribution is 9.09. The standard InChI is InChI=1S/C20H30Br2N4O6S/c1-2-33(30,31)19-15-17(26(28)29)16(14-18(19)25(8-4-21)9-5-22)20(27)23-6-3-7-24-10-12-32-13-11-24/h14-15H,2-13H2,1H3,(H,23,27). The molecule has 2 rings (SSSR count). The molecule has 0 unspecified atom stereocenters. The first kappa shape index (κ1) is 28.0. The Balaban J connectivity index is 2.33. The summed E-state index contributed by atoms with van der Waals surface area (Å²) in [6, 6.07) is 2.36. The number of sulfone groups is 1. The molecule has 1 N–H and O–H groups in total. The summed E-state index contributed by atoms with van der Waals surface area (Å²) in [4.78, 5) is 27.8. The Bertz CT molecular complexity index is 919. The topological polar surface area (TPSA) is 122 Å². The fraction of sp³-hybridized carbons (Fsp3) is 0.650. The number of nitrogens with one attached hydrogen (secondary N) is 1. The molecule has 0 radical (unpaired) electrons. The van der Waals surface area contributed by atoms with Gasteiger partial charge in [0.25, 0.3) is 11.6 Å². The Kier molecular flexibility index (Phi) is 11.5. The predicted molar refractivity (Wildman–Crippen MR) is 135 cm³/mol. The number of anilines is 1. The van der Waals surface area contributed by atoms with Crippen molar-refractivity contribution in [2.75, 3.05) is 73.8 Å². The molecule has 0 saturated carbocycles. The van der Waals surface area contributed by atoms with Crippen molar-refractivity contribution < 1.29 is 22.9 Å². The molecule has 1 saturated heterocycles. The van der Waals surface area contributed by atoms with Gasteiger partial charge in [-0.05, 0) is 19.0 Å². The van der Waals surface area contributed by atoms with Crippen molar-refractivity contribution >= 4 is 59.0 Å². The van der Waals surface area contributed by atoms with Crippen molar-refractivity contribution in [1.29, 1.82) is 0 Å². The van der Waals surface area contributed by atoms with Gasteiger partial charge in [-0.15, -0.1) is 0 Å². The summed E-state index contributed by atoms with van der Waals surface area (Å²) in [6.07, 6.45) is 0.688. The Morgan fingerprint density at radius 3 is 2.42 bits per heavy atom. The molecule has 0 atom stereocenters. The van der Waals surface area contributed by atoms with Crippen LogP contribution >= 0.6 is 31.9 Å². The SMILES string of the molecule is CCS(=O)(=O)c1cc([N+](=O)[O-])c(C(=O)NCCCN2CCOCC2)cc1N(CCBr)CCBr. The van der Waals surface area contributed by atoms with Crippen LogP contribution in [0.4, 0.5) is 11.4 Å². The minimum absolute atomic E-state index is 0.137. The molecule has 1 fully saturated rings. The second-order valence-electron chi connectivity index (χ2n) is 7.43. The van der Waals surface area contributed by atoms with Crippen LogP contribution in [-0.2, 0) is 14.6 Å². The van der Waals surface area contributed by atoms with Crippen LogP contribution < -0.4 is 10.2 Å². The summed E-state index contributed by atoms with van der Waals surface area (Å²) in [5.41, 5.74) is -0.375. The number of hydrogen-bond acceptors (Lipinski definition) is 8. The number of nitrogens with zero attached hydrogens (tertiary/aromatic N) is 3. The number of carbonyl (C=O) groups is 1. The number of rotatable bonds is 13. The first-order valence-corrected chi connectivity index (χ1v) is 14.6. The fourth-order valence-corrected chi connectivity index (χ4v) is 5.49. The number of ether oxygens (including phenoxy) is 1. The van der Waals surface area contributed by atoms with Crippen LogP contribution in [0.5, 0.6) is 0 Å². The van der Waals surface area contributed by atoms with Gasteiger partial charge in [0.2, 0.25) is 0 Å². The molecule has 0 aliphatic carbocycles. The maximum atomic E-state index is 12.9. The Morgan fingerprint density at radius 1 is 1.24 bits per heavy atom. The van der Waals surface area contributed by atoms with E-state index in [0.717, 1.165) is 25.7 Å². The third kappa shape index (κ3) is 7.88. The molecule has 0 spiro atoms. The van der Waals surface area contributed by atoms with E-state index in [-0.39, 0.29) is 16.2 Å². The molecule has 1 aromatic carbocycles. The number of nitro benzene ring substituents is 1. The second-order valence-corrected chi connectivity index (χ2v) is 11.3. The molecule has 33 heavy (non-hydrogen) atoms. The van der Waals surface area contributed by atoms with Crippen LogP contribution in [0.1, 0.15) is 23.7 Å². The lowest BCUT2D eigenvalue weighted by Gasteiger charge is -2.26. The quantitative estimate of drug-likeness (QED) is 0.156. The zero-order chi connectivity index (χ0) is 24.4. The molecule has 10 nitrogen and oxygen atoms in total. The molecule has 186 valence electrons. The minimum Gasteiger partial charge on any atom is -0.379 e. The first-order chi connectivity index (χ1) is 15.7. The van der Waals surface area contributed by atoms with E-state index in [4.69, 9.17) is 4.74 Å². The van der Waals surface area contributed by atoms with Crippen LogP contribution in [0, 0.1) is 10.1 Å². The summed E-state index contributed by atoms with van der Waals surface area (Å²) >= 11 is 6.73. The summed E-state index contributed by atoms with van der Waals surface area (Å²) in [5.74, 6) is -0.802. The maximum absolute atomic E-state index is 12.9. The van der Waals surface area contributed by atoms with Crippen LogP contribution in [0.25, 0.3) is 0 Å². The summed E-state index contributed by atoms with van der Waals surface area (Å²) in [5, 5.41) is 15.6. The third-order valence-corrected chi connectivity index (χ3v) is 7.79. The zero-order valence-corrected chi connectivity index (χ0v) is 22.6. The van der Waals surface area contributed by atoms with Gasteiger partial charge in [0.15, 0.2) is 9.84 Å². The smallest absolute Gasteiger partial charge is 0.283 e. The number of hydrogen-bond donors (Lipinski definition) is 1. The van der Waals surface area contributed by atoms with Crippen LogP contribution in [0.15, 0.2) is 17.0 Å². The molecule has 1 heterocycles. The van der Waals surface area contributed by atoms with E-state index in [1.165, 1.54) is 13.0 Å². The summed E-state index contributed by atoms with van der Waals surface area (Å²) in [6.45, 7) is 6.62. The van der Waals surface area contributed by atoms with Gasteiger partial charge in [-0.2, -0.15) is 0 Å². The van der Waals surface area contributed by atoms with Crippen molar-refractivity contribution in [1.82, 2.24) is 10.2 Å². The minimum atomic E-state index is -3.77. The largest absolute Gasteiger partial charge is 0.379 e. The molecule has 1 aliphatic rings. The average molecular weight is 614 g/mol. The van der Waals surface area contributed by atoms with Crippen LogP contribution in [0.3, 0.4) is 0 Å². The van der Waals surface area contributed by atoms with E-state index < -0.39 is 26.4 Å². The van der Waals surface area contributed by atoms with Crippen molar-refractivity contribution in [3.8, 4) is 0 Å². The Morgan fingerprint density at radius 2 is 1.88 bits per heavy atom. The molecule has 1 aliphatic heterocycles. The lowest BCUT2D eigenvalue weighted by molar-refractivity contribution is -0.385. The van der Waals surface area contributed by atoms with Crippen molar-refractivity contribution in [2.24, 2.45) is 0 Å². The average Bonchev–Trinajstić information content (AvgIpc) is 2.81. The van der Waals surface area contributed by atoms with Gasteiger partial charge in [0.05, 0.1) is 34.5 Å². The molecular formula is C20H30Br2N4O6S. The predicted octanol–water partition coefficient (Wildman–Crippen LogP) is 2.44. The lowest BCUT2D eigenvalue weighted by atomic mass is 10.1. The van der Waals surface area contributed by atoms with Crippen molar-refractivity contribution in [3.63, 3.8) is 0 Å². The highest BCUT2D eigenvalue weighted by atomic mass is 79.9. The van der Waals surface area contributed by atoms with E-state index in [9.17, 15) is 23.3 Å². The number of morpholine rings is 1. The van der Waals surface area contributed by atoms with Gasteiger partial charge in [-0.3, -0.25) is 19.8 Å². The maximum Gasteiger partial charge on any atom is 0.283 e. The first-order valence-electron chi connectivity index (χ1n) is 10.8. The second kappa shape index (κ2) is 13.6. The van der Waals surface area contributed by atoms with Gasteiger partial charge < -0.3 is 15.0 Å². The highest BCUT2D eigenvalue weighted by Crippen LogP contribution is 2.34. The van der Waals surface area contributed by atoms with Crippen molar-refractivity contribution in [2.45, 2.75) is 18.2 Å². The number of alkyl halides is 2. The lowest BCUT2D eigenvalue weighted by Crippen LogP contribution is -2.38. The van der Waals surface area contributed by atoms with Crippen LogP contribution in [0.2, 0.25) is 0 Å². The normalized spacial score (nSPS) is 14.8. The summed E-state index contributed by atoms with van der Waals surface area (Å²) < 4.78 is 30.8. The molecular weight excluding hydrogens is 584 g/mol. The monoisotopic (exact) mass is 612 g/mol. The number of carbonyl (C=O) groups excluding carboxylic acids is 1. The van der Waals surface area contributed by atoms with Gasteiger partial charge in [0.1, 0.15) is 5.56 Å². The van der Waals surface area contributed by atoms with Crippen molar-refractivity contribution in [3.05, 3.63) is 27.8 Å². The zero-order valence-electron chi connectivity index (χ0n) is 18.6. The molecule has 0 aromatic heterocycles. The molecule has 1 amide bonds. The Hall–Kier alpha value is -1.28. The third-order valence-electron chi connectivity index (χ3n) is 5.32. The number of nitro groups is 1. The molecule has 1 aromatic rings. The van der Waals surface area contributed by atoms with E-state index in [1.807, 2.05) is 0 Å². The van der Waals surface area contributed by atoms with Crippen LogP contribution in [-0.4, -0.2) is 93.0 Å². The molecule has 13 heteroatoms. The van der Waals surface area contributed by atoms with Gasteiger partial charge in [0, 0.05) is 49.5 Å². The number of halogens is 2. The van der Waals surface area contributed by atoms with Gasteiger partial charge in [-0.1, -0.05) is 38.8 Å². The Labute approximate surface area is 211 Å². The van der Waals surface area contributed by atoms with E-state index in [0.29, 0.717) is 55.6 Å². The van der Waals surface area contributed by atoms with Gasteiger partial charge in [-0.25, -0.2) is 8.42 Å². The van der Waals surface area contributed by atoms with E-state index >= 15 is 0 Å². The number of amides is 1. The van der Waals surface area contributed by atoms with E-state index in [2.05, 4.69) is 42.1 Å². The summed E-state index contributed by atoms with van der Waals surface area (Å²) in [7, 11) is -3.77.